The predicted octanol–water partition coefficient (Wildman–Crippen LogP) is 3.98. The summed E-state index contributed by atoms with van der Waals surface area (Å²) in [6.07, 6.45) is 0. The molecule has 0 radical (unpaired) electrons. The van der Waals surface area contributed by atoms with Gasteiger partial charge in [-0.05, 0) is 49.8 Å². The van der Waals surface area contributed by atoms with E-state index >= 15 is 0 Å². The molecule has 0 heterocycles. The van der Waals surface area contributed by atoms with Gasteiger partial charge in [-0.3, -0.25) is 20.4 Å². The second-order valence-electron chi connectivity index (χ2n) is 5.89. The van der Waals surface area contributed by atoms with Crippen molar-refractivity contribution >= 4 is 17.1 Å². The second-order valence-corrected chi connectivity index (χ2v) is 5.89. The number of aromatic hydroxyl groups is 1. The van der Waals surface area contributed by atoms with Crippen LogP contribution in [0.25, 0.3) is 0 Å². The lowest BCUT2D eigenvalue weighted by atomic mass is 10.1. The summed E-state index contributed by atoms with van der Waals surface area (Å²) in [6.45, 7) is 8.41. The van der Waals surface area contributed by atoms with Gasteiger partial charge in [-0.25, -0.2) is 0 Å². The largest absolute Gasteiger partial charge is 0.508 e. The Labute approximate surface area is 153 Å². The maximum absolute atomic E-state index is 11.1. The minimum absolute atomic E-state index is 0.0306. The molecule has 2 rings (SSSR count). The van der Waals surface area contributed by atoms with E-state index in [1.165, 1.54) is 6.07 Å². The third kappa shape index (κ3) is 4.80. The Hall–Kier alpha value is -2.93. The van der Waals surface area contributed by atoms with E-state index in [9.17, 15) is 15.2 Å². The fourth-order valence-electron chi connectivity index (χ4n) is 2.56. The number of phenolic OH excluding ortho intramolecular Hbond substituents is 1. The van der Waals surface area contributed by atoms with Gasteiger partial charge in [-0.2, -0.15) is 5.10 Å². The van der Waals surface area contributed by atoms with E-state index in [1.54, 1.807) is 30.3 Å². The molecule has 0 fully saturated rings. The zero-order chi connectivity index (χ0) is 19.1. The number of anilines is 1. The van der Waals surface area contributed by atoms with Crippen molar-refractivity contribution in [3.05, 3.63) is 63.7 Å². The van der Waals surface area contributed by atoms with Crippen molar-refractivity contribution in [2.24, 2.45) is 5.10 Å². The van der Waals surface area contributed by atoms with Crippen molar-refractivity contribution in [2.45, 2.75) is 27.3 Å². The van der Waals surface area contributed by atoms with Crippen LogP contribution in [0.5, 0.6) is 5.75 Å². The molecular formula is C19H24N4O3. The van der Waals surface area contributed by atoms with Gasteiger partial charge in [-0.15, -0.1) is 0 Å². The summed E-state index contributed by atoms with van der Waals surface area (Å²) in [7, 11) is 0. The van der Waals surface area contributed by atoms with Crippen LogP contribution in [0.1, 0.15) is 31.9 Å². The Morgan fingerprint density at radius 3 is 2.58 bits per heavy atom. The summed E-state index contributed by atoms with van der Waals surface area (Å²) in [5, 5.41) is 25.4. The van der Waals surface area contributed by atoms with E-state index in [0.717, 1.165) is 24.2 Å². The number of nitrogens with zero attached hydrogens (tertiary/aromatic N) is 3. The van der Waals surface area contributed by atoms with Gasteiger partial charge in [0.05, 0.1) is 10.6 Å². The molecule has 0 bridgehead atoms. The molecule has 0 atom stereocenters. The summed E-state index contributed by atoms with van der Waals surface area (Å²) < 4.78 is 0. The topological polar surface area (TPSA) is 91.0 Å². The van der Waals surface area contributed by atoms with E-state index in [-0.39, 0.29) is 11.4 Å². The lowest BCUT2D eigenvalue weighted by Crippen LogP contribution is -2.22. The standard InChI is InChI=1S/C19H24N4O3/c1-4-22(5-2)13-16-12-15(10-11-19(16)24)14(3)20-21-17-8-6-7-9-18(17)23(25)26/h6-12,21,24H,4-5,13H2,1-3H3/b20-14+. The fraction of sp³-hybridized carbons (Fsp3) is 0.316. The number of hydrazone groups is 1. The minimum atomic E-state index is -0.448. The molecule has 0 saturated heterocycles. The lowest BCUT2D eigenvalue weighted by Gasteiger charge is -2.19. The maximum Gasteiger partial charge on any atom is 0.294 e. The number of nitro groups is 1. The van der Waals surface area contributed by atoms with Crippen LogP contribution >= 0.6 is 0 Å². The molecule has 0 aliphatic carbocycles. The van der Waals surface area contributed by atoms with Crippen LogP contribution < -0.4 is 5.43 Å². The number of para-hydroxylation sites is 2. The molecule has 0 saturated carbocycles. The molecule has 26 heavy (non-hydrogen) atoms. The van der Waals surface area contributed by atoms with Crippen molar-refractivity contribution in [1.82, 2.24) is 4.90 Å². The molecule has 2 aromatic carbocycles. The first-order valence-electron chi connectivity index (χ1n) is 8.54. The highest BCUT2D eigenvalue weighted by Gasteiger charge is 2.12. The molecule has 138 valence electrons. The Bertz CT molecular complexity index is 801. The molecule has 7 nitrogen and oxygen atoms in total. The predicted molar refractivity (Wildman–Crippen MR) is 104 cm³/mol. The molecule has 0 aliphatic rings. The van der Waals surface area contributed by atoms with Crippen molar-refractivity contribution in [2.75, 3.05) is 18.5 Å². The summed E-state index contributed by atoms with van der Waals surface area (Å²) in [5.74, 6) is 0.250. The van der Waals surface area contributed by atoms with Gasteiger partial charge in [0.1, 0.15) is 11.4 Å². The van der Waals surface area contributed by atoms with Crippen LogP contribution in [0.3, 0.4) is 0 Å². The van der Waals surface area contributed by atoms with Gasteiger partial charge in [0, 0.05) is 18.2 Å². The highest BCUT2D eigenvalue weighted by Crippen LogP contribution is 2.24. The molecule has 2 aromatic rings. The normalized spacial score (nSPS) is 11.6. The van der Waals surface area contributed by atoms with Crippen molar-refractivity contribution in [1.29, 1.82) is 0 Å². The highest BCUT2D eigenvalue weighted by molar-refractivity contribution is 5.99. The Balaban J connectivity index is 2.23. The third-order valence-corrected chi connectivity index (χ3v) is 4.23. The van der Waals surface area contributed by atoms with Gasteiger partial charge >= 0.3 is 0 Å². The van der Waals surface area contributed by atoms with Crippen LogP contribution in [0.2, 0.25) is 0 Å². The molecule has 0 unspecified atom stereocenters. The number of phenols is 1. The number of rotatable bonds is 8. The van der Waals surface area contributed by atoms with E-state index in [0.29, 0.717) is 17.9 Å². The Kier molecular flexibility index (Phi) is 6.68. The Morgan fingerprint density at radius 2 is 1.92 bits per heavy atom. The monoisotopic (exact) mass is 356 g/mol. The van der Waals surface area contributed by atoms with Gasteiger partial charge in [0.2, 0.25) is 0 Å². The van der Waals surface area contributed by atoms with Crippen molar-refractivity contribution < 1.29 is 10.0 Å². The lowest BCUT2D eigenvalue weighted by molar-refractivity contribution is -0.384. The summed E-state index contributed by atoms with van der Waals surface area (Å²) in [4.78, 5) is 12.8. The quantitative estimate of drug-likeness (QED) is 0.424. The van der Waals surface area contributed by atoms with Crippen LogP contribution in [0, 0.1) is 10.1 Å². The zero-order valence-corrected chi connectivity index (χ0v) is 15.3. The molecule has 0 aromatic heterocycles. The van der Waals surface area contributed by atoms with Crippen LogP contribution in [0.15, 0.2) is 47.6 Å². The van der Waals surface area contributed by atoms with Crippen LogP contribution in [-0.2, 0) is 6.54 Å². The first-order valence-corrected chi connectivity index (χ1v) is 8.54. The van der Waals surface area contributed by atoms with Crippen molar-refractivity contribution in [3.8, 4) is 5.75 Å². The smallest absolute Gasteiger partial charge is 0.294 e. The molecule has 0 spiro atoms. The van der Waals surface area contributed by atoms with E-state index in [2.05, 4.69) is 29.3 Å². The summed E-state index contributed by atoms with van der Waals surface area (Å²) in [5.41, 5.74) is 5.40. The first kappa shape index (κ1) is 19.4. The third-order valence-electron chi connectivity index (χ3n) is 4.23. The SMILES string of the molecule is CCN(CC)Cc1cc(/C(C)=N/Nc2ccccc2[N+](=O)[O-])ccc1O. The minimum Gasteiger partial charge on any atom is -0.508 e. The Morgan fingerprint density at radius 1 is 1.23 bits per heavy atom. The number of hydrogen-bond donors (Lipinski definition) is 2. The summed E-state index contributed by atoms with van der Waals surface area (Å²) in [6, 6.07) is 11.7. The zero-order valence-electron chi connectivity index (χ0n) is 15.3. The van der Waals surface area contributed by atoms with Gasteiger partial charge < -0.3 is 5.11 Å². The summed E-state index contributed by atoms with van der Waals surface area (Å²) >= 11 is 0. The van der Waals surface area contributed by atoms with Crippen LogP contribution in [-0.4, -0.2) is 33.7 Å². The van der Waals surface area contributed by atoms with E-state index in [4.69, 9.17) is 0 Å². The number of benzene rings is 2. The fourth-order valence-corrected chi connectivity index (χ4v) is 2.56. The first-order chi connectivity index (χ1) is 12.5. The molecule has 2 N–H and O–H groups in total. The van der Waals surface area contributed by atoms with E-state index < -0.39 is 4.92 Å². The number of nitro benzene ring substituents is 1. The molecular weight excluding hydrogens is 332 g/mol. The average Bonchev–Trinajstić information content (AvgIpc) is 2.65. The molecule has 0 aliphatic heterocycles. The van der Waals surface area contributed by atoms with Gasteiger partial charge in [-0.1, -0.05) is 26.0 Å². The van der Waals surface area contributed by atoms with Crippen LogP contribution in [0.4, 0.5) is 11.4 Å². The molecule has 0 amide bonds. The number of hydrogen-bond acceptors (Lipinski definition) is 6. The van der Waals surface area contributed by atoms with E-state index in [1.807, 2.05) is 13.0 Å². The second kappa shape index (κ2) is 8.96. The van der Waals surface area contributed by atoms with Gasteiger partial charge in [0.25, 0.3) is 5.69 Å². The number of nitrogens with one attached hydrogen (secondary N) is 1. The molecule has 7 heteroatoms. The average molecular weight is 356 g/mol. The highest BCUT2D eigenvalue weighted by atomic mass is 16.6. The van der Waals surface area contributed by atoms with Gasteiger partial charge in [0.15, 0.2) is 0 Å². The van der Waals surface area contributed by atoms with Crippen molar-refractivity contribution in [3.63, 3.8) is 0 Å². The maximum atomic E-state index is 11.1.